The van der Waals surface area contributed by atoms with Crippen molar-refractivity contribution in [2.75, 3.05) is 14.2 Å². The molecule has 43 heavy (non-hydrogen) atoms. The first kappa shape index (κ1) is 27.4. The highest BCUT2D eigenvalue weighted by Crippen LogP contribution is 2.56. The molecular formula is C36H37N3O4. The van der Waals surface area contributed by atoms with Gasteiger partial charge < -0.3 is 19.5 Å². The lowest BCUT2D eigenvalue weighted by Gasteiger charge is -2.49. The molecule has 7 nitrogen and oxygen atoms in total. The summed E-state index contributed by atoms with van der Waals surface area (Å²) in [6.07, 6.45) is 3.45. The number of benzene rings is 4. The fourth-order valence-corrected chi connectivity index (χ4v) is 7.31. The van der Waals surface area contributed by atoms with Gasteiger partial charge in [0.25, 0.3) is 5.91 Å². The largest absolute Gasteiger partial charge is 0.497 e. The first-order chi connectivity index (χ1) is 20.8. The van der Waals surface area contributed by atoms with Crippen LogP contribution < -0.4 is 19.5 Å². The lowest BCUT2D eigenvalue weighted by atomic mass is 9.64. The second kappa shape index (κ2) is 10.4. The Morgan fingerprint density at radius 1 is 0.953 bits per heavy atom. The molecule has 2 aliphatic rings. The summed E-state index contributed by atoms with van der Waals surface area (Å²) in [5.41, 5.74) is 5.55. The third-order valence-electron chi connectivity index (χ3n) is 9.53. The molecule has 0 radical (unpaired) electrons. The van der Waals surface area contributed by atoms with Crippen molar-refractivity contribution in [3.05, 3.63) is 77.4 Å². The highest BCUT2D eigenvalue weighted by atomic mass is 16.5. The Balaban J connectivity index is 1.32. The van der Waals surface area contributed by atoms with Gasteiger partial charge >= 0.3 is 0 Å². The van der Waals surface area contributed by atoms with Crippen LogP contribution in [-0.4, -0.2) is 35.7 Å². The van der Waals surface area contributed by atoms with Gasteiger partial charge in [-0.25, -0.2) is 9.97 Å². The minimum atomic E-state index is -0.268. The van der Waals surface area contributed by atoms with Crippen LogP contribution in [0.3, 0.4) is 0 Å². The first-order valence-electron chi connectivity index (χ1n) is 15.1. The zero-order valence-electron chi connectivity index (χ0n) is 25.4. The molecule has 7 rings (SSSR count). The van der Waals surface area contributed by atoms with Gasteiger partial charge in [-0.1, -0.05) is 37.6 Å². The zero-order chi connectivity index (χ0) is 29.9. The molecule has 0 unspecified atom stereocenters. The van der Waals surface area contributed by atoms with Crippen LogP contribution in [0, 0.1) is 11.8 Å². The van der Waals surface area contributed by atoms with Crippen LogP contribution in [0.1, 0.15) is 67.4 Å². The Hall–Kier alpha value is -4.39. The number of carbonyl (C=O) groups excluding carboxylic acids is 1. The monoisotopic (exact) mass is 575 g/mol. The number of methoxy groups -OCH3 is 2. The molecule has 0 saturated heterocycles. The van der Waals surface area contributed by atoms with E-state index in [0.717, 1.165) is 51.5 Å². The molecule has 0 bridgehead atoms. The topological polar surface area (TPSA) is 82.6 Å². The molecule has 5 aromatic rings. The molecule has 1 saturated carbocycles. The van der Waals surface area contributed by atoms with Gasteiger partial charge in [0.1, 0.15) is 22.8 Å². The maximum Gasteiger partial charge on any atom is 0.251 e. The van der Waals surface area contributed by atoms with E-state index in [1.165, 1.54) is 12.0 Å². The lowest BCUT2D eigenvalue weighted by molar-refractivity contribution is -0.0115. The number of hydrogen-bond acceptors (Lipinski definition) is 6. The molecule has 2 heterocycles. The standard InChI is InChI=1S/C36H37N3O4/c1-20-10-14-27-26(16-20)31-33-32(24-8-6-7-9-25(24)34(31)43-36(27,2)3)38-28-15-12-21(17-29(28)39-33)35(40)37-19-22-11-13-23(41-4)18-30(22)42-5/h6-9,11-13,15,17-18,20,26-27H,10,14,16,19H2,1-5H3,(H,37,40)/t20-,26+,27+/m1/s1. The minimum absolute atomic E-state index is 0.187. The molecule has 1 aliphatic carbocycles. The zero-order valence-corrected chi connectivity index (χ0v) is 25.4. The number of fused-ring (bicyclic) bond motifs is 9. The van der Waals surface area contributed by atoms with Crippen LogP contribution in [0.25, 0.3) is 32.8 Å². The Bertz CT molecular complexity index is 1900. The molecule has 1 N–H and O–H groups in total. The van der Waals surface area contributed by atoms with E-state index in [2.05, 4.69) is 44.3 Å². The Morgan fingerprint density at radius 2 is 1.74 bits per heavy atom. The molecule has 220 valence electrons. The van der Waals surface area contributed by atoms with Crippen LogP contribution in [0.5, 0.6) is 17.2 Å². The summed E-state index contributed by atoms with van der Waals surface area (Å²) < 4.78 is 17.7. The minimum Gasteiger partial charge on any atom is -0.497 e. The summed E-state index contributed by atoms with van der Waals surface area (Å²) in [5.74, 6) is 3.50. The van der Waals surface area contributed by atoms with Gasteiger partial charge in [-0.15, -0.1) is 0 Å². The number of nitrogens with one attached hydrogen (secondary N) is 1. The fraction of sp³-hybridized carbons (Fsp3) is 0.361. The molecular weight excluding hydrogens is 538 g/mol. The van der Waals surface area contributed by atoms with E-state index in [9.17, 15) is 4.79 Å². The van der Waals surface area contributed by atoms with Crippen molar-refractivity contribution < 1.29 is 19.0 Å². The summed E-state index contributed by atoms with van der Waals surface area (Å²) in [6, 6.07) is 19.5. The van der Waals surface area contributed by atoms with Crippen LogP contribution in [0.15, 0.2) is 60.7 Å². The van der Waals surface area contributed by atoms with Gasteiger partial charge in [0.05, 0.1) is 36.3 Å². The van der Waals surface area contributed by atoms with Crippen molar-refractivity contribution in [1.29, 1.82) is 0 Å². The van der Waals surface area contributed by atoms with Crippen molar-refractivity contribution in [2.45, 2.75) is 58.1 Å². The number of amides is 1. The van der Waals surface area contributed by atoms with Crippen LogP contribution in [-0.2, 0) is 6.54 Å². The summed E-state index contributed by atoms with van der Waals surface area (Å²) >= 11 is 0. The Morgan fingerprint density at radius 3 is 2.53 bits per heavy atom. The number of ether oxygens (including phenoxy) is 3. The number of hydrogen-bond donors (Lipinski definition) is 1. The van der Waals surface area contributed by atoms with E-state index >= 15 is 0 Å². The van der Waals surface area contributed by atoms with Crippen molar-refractivity contribution in [2.24, 2.45) is 11.8 Å². The third-order valence-corrected chi connectivity index (χ3v) is 9.53. The van der Waals surface area contributed by atoms with E-state index in [-0.39, 0.29) is 11.5 Å². The van der Waals surface area contributed by atoms with E-state index in [1.807, 2.05) is 42.5 Å². The molecule has 3 atom stereocenters. The number of rotatable bonds is 5. The second-order valence-corrected chi connectivity index (χ2v) is 12.6. The second-order valence-electron chi connectivity index (χ2n) is 12.6. The third kappa shape index (κ3) is 4.62. The first-order valence-corrected chi connectivity index (χ1v) is 15.1. The van der Waals surface area contributed by atoms with E-state index in [1.54, 1.807) is 14.2 Å². The fourth-order valence-electron chi connectivity index (χ4n) is 7.31. The van der Waals surface area contributed by atoms with Crippen molar-refractivity contribution >= 4 is 38.7 Å². The van der Waals surface area contributed by atoms with E-state index in [4.69, 9.17) is 24.2 Å². The molecule has 1 aliphatic heterocycles. The van der Waals surface area contributed by atoms with Gasteiger partial charge in [0, 0.05) is 46.0 Å². The predicted octanol–water partition coefficient (Wildman–Crippen LogP) is 7.57. The van der Waals surface area contributed by atoms with Crippen molar-refractivity contribution in [3.63, 3.8) is 0 Å². The maximum atomic E-state index is 13.3. The highest BCUT2D eigenvalue weighted by molar-refractivity contribution is 6.11. The number of nitrogens with zero attached hydrogens (tertiary/aromatic N) is 2. The Kier molecular flexibility index (Phi) is 6.64. The molecule has 4 aromatic carbocycles. The van der Waals surface area contributed by atoms with Gasteiger partial charge in [0.2, 0.25) is 0 Å². The van der Waals surface area contributed by atoms with Crippen molar-refractivity contribution in [1.82, 2.24) is 15.3 Å². The lowest BCUT2D eigenvalue weighted by Crippen LogP contribution is -2.46. The van der Waals surface area contributed by atoms with E-state index in [0.29, 0.717) is 46.9 Å². The average Bonchev–Trinajstić information content (AvgIpc) is 3.02. The normalized spacial score (nSPS) is 20.7. The predicted molar refractivity (Wildman–Crippen MR) is 169 cm³/mol. The van der Waals surface area contributed by atoms with Gasteiger partial charge in [-0.3, -0.25) is 4.79 Å². The molecule has 1 amide bonds. The average molecular weight is 576 g/mol. The summed E-state index contributed by atoms with van der Waals surface area (Å²) in [6.45, 7) is 7.15. The summed E-state index contributed by atoms with van der Waals surface area (Å²) in [7, 11) is 3.22. The van der Waals surface area contributed by atoms with E-state index < -0.39 is 0 Å². The molecule has 0 spiro atoms. The van der Waals surface area contributed by atoms with Gasteiger partial charge in [0.15, 0.2) is 0 Å². The molecule has 1 aromatic heterocycles. The maximum absolute atomic E-state index is 13.3. The quantitative estimate of drug-likeness (QED) is 0.172. The van der Waals surface area contributed by atoms with Gasteiger partial charge in [-0.2, -0.15) is 0 Å². The summed E-state index contributed by atoms with van der Waals surface area (Å²) in [4.78, 5) is 23.7. The van der Waals surface area contributed by atoms with Crippen LogP contribution >= 0.6 is 0 Å². The molecule has 1 fully saturated rings. The SMILES string of the molecule is COc1ccc(CNC(=O)c2ccc3nc4c(nc3c2)c2c(c3ccccc34)OC(C)(C)[C@H]3CC[C@@H](C)C[C@H]23)c(OC)c1. The number of carbonyl (C=O) groups is 1. The number of aromatic nitrogens is 2. The summed E-state index contributed by atoms with van der Waals surface area (Å²) in [5, 5.41) is 5.16. The smallest absolute Gasteiger partial charge is 0.251 e. The highest BCUT2D eigenvalue weighted by Gasteiger charge is 2.47. The molecule has 7 heteroatoms. The van der Waals surface area contributed by atoms with Gasteiger partial charge in [-0.05, 0) is 68.9 Å². The Labute approximate surface area is 251 Å². The van der Waals surface area contributed by atoms with Crippen molar-refractivity contribution in [3.8, 4) is 17.2 Å². The van der Waals surface area contributed by atoms with Crippen LogP contribution in [0.4, 0.5) is 0 Å². The van der Waals surface area contributed by atoms with Crippen LogP contribution in [0.2, 0.25) is 0 Å².